The number of para-hydroxylation sites is 1. The molecule has 0 spiro atoms. The smallest absolute Gasteiger partial charge is 0.134 e. The lowest BCUT2D eigenvalue weighted by molar-refractivity contribution is 0.0517. The summed E-state index contributed by atoms with van der Waals surface area (Å²) >= 11 is 5.06. The van der Waals surface area contributed by atoms with Crippen molar-refractivity contribution in [2.45, 2.75) is 25.6 Å². The van der Waals surface area contributed by atoms with E-state index in [9.17, 15) is 5.11 Å². The number of aliphatic hydroxyl groups excluding tert-OH is 1. The van der Waals surface area contributed by atoms with Gasteiger partial charge in [0, 0.05) is 11.3 Å². The predicted molar refractivity (Wildman–Crippen MR) is 76.3 cm³/mol. The standard InChI is InChI=1S/C14H13BrO2S/c1-8-6-12(18-14(8)15)13(16)11-7-9-4-2-3-5-10(9)17-11/h2-6,11,13,16H,7H2,1H3. The van der Waals surface area contributed by atoms with Crippen LogP contribution in [0.4, 0.5) is 0 Å². The molecule has 0 saturated carbocycles. The summed E-state index contributed by atoms with van der Waals surface area (Å²) in [6, 6.07) is 9.99. The van der Waals surface area contributed by atoms with Crippen molar-refractivity contribution >= 4 is 27.3 Å². The van der Waals surface area contributed by atoms with Crippen LogP contribution in [0.25, 0.3) is 0 Å². The van der Waals surface area contributed by atoms with E-state index < -0.39 is 6.10 Å². The fourth-order valence-electron chi connectivity index (χ4n) is 2.20. The fourth-order valence-corrected chi connectivity index (χ4v) is 3.81. The van der Waals surface area contributed by atoms with E-state index in [0.717, 1.165) is 26.4 Å². The first-order valence-electron chi connectivity index (χ1n) is 5.83. The lowest BCUT2D eigenvalue weighted by atomic mass is 10.1. The maximum absolute atomic E-state index is 10.4. The van der Waals surface area contributed by atoms with Crippen LogP contribution in [0.1, 0.15) is 22.1 Å². The van der Waals surface area contributed by atoms with E-state index in [1.165, 1.54) is 5.56 Å². The summed E-state index contributed by atoms with van der Waals surface area (Å²) in [6.45, 7) is 2.03. The van der Waals surface area contributed by atoms with Crippen LogP contribution in [0, 0.1) is 6.92 Å². The van der Waals surface area contributed by atoms with Gasteiger partial charge in [0.1, 0.15) is 18.0 Å². The summed E-state index contributed by atoms with van der Waals surface area (Å²) in [7, 11) is 0. The fraction of sp³-hybridized carbons (Fsp3) is 0.286. The Labute approximate surface area is 118 Å². The molecule has 1 aliphatic heterocycles. The second-order valence-electron chi connectivity index (χ2n) is 4.52. The Morgan fingerprint density at radius 3 is 2.89 bits per heavy atom. The summed E-state index contributed by atoms with van der Waals surface area (Å²) < 4.78 is 6.89. The zero-order valence-corrected chi connectivity index (χ0v) is 12.3. The van der Waals surface area contributed by atoms with Crippen LogP contribution in [-0.4, -0.2) is 11.2 Å². The van der Waals surface area contributed by atoms with Crippen LogP contribution in [0.2, 0.25) is 0 Å². The van der Waals surface area contributed by atoms with Crippen LogP contribution < -0.4 is 4.74 Å². The molecule has 4 heteroatoms. The van der Waals surface area contributed by atoms with Crippen LogP contribution in [0.15, 0.2) is 34.1 Å². The van der Waals surface area contributed by atoms with Gasteiger partial charge in [0.05, 0.1) is 3.79 Å². The van der Waals surface area contributed by atoms with Gasteiger partial charge in [0.25, 0.3) is 0 Å². The molecule has 0 amide bonds. The molecule has 0 radical (unpaired) electrons. The number of halogens is 1. The van der Waals surface area contributed by atoms with Gasteiger partial charge in [-0.05, 0) is 46.1 Å². The lowest BCUT2D eigenvalue weighted by Crippen LogP contribution is -2.22. The second-order valence-corrected chi connectivity index (χ2v) is 6.92. The molecule has 1 N–H and O–H groups in total. The number of rotatable bonds is 2. The molecule has 2 heterocycles. The topological polar surface area (TPSA) is 29.5 Å². The first-order chi connectivity index (χ1) is 8.65. The zero-order valence-electron chi connectivity index (χ0n) is 9.89. The number of thiophene rings is 1. The number of hydrogen-bond acceptors (Lipinski definition) is 3. The highest BCUT2D eigenvalue weighted by atomic mass is 79.9. The molecule has 0 fully saturated rings. The van der Waals surface area contributed by atoms with Crippen molar-refractivity contribution < 1.29 is 9.84 Å². The highest BCUT2D eigenvalue weighted by molar-refractivity contribution is 9.11. The van der Waals surface area contributed by atoms with E-state index in [1.54, 1.807) is 11.3 Å². The third-order valence-electron chi connectivity index (χ3n) is 3.19. The number of aryl methyl sites for hydroxylation is 1. The molecular formula is C14H13BrO2S. The minimum absolute atomic E-state index is 0.174. The van der Waals surface area contributed by atoms with Crippen LogP contribution in [0.3, 0.4) is 0 Å². The molecule has 2 nitrogen and oxygen atoms in total. The first kappa shape index (κ1) is 12.2. The summed E-state index contributed by atoms with van der Waals surface area (Å²) in [6.07, 6.45) is 0.0334. The van der Waals surface area contributed by atoms with E-state index in [-0.39, 0.29) is 6.10 Å². The van der Waals surface area contributed by atoms with Gasteiger partial charge in [0.15, 0.2) is 0 Å². The van der Waals surface area contributed by atoms with Gasteiger partial charge < -0.3 is 9.84 Å². The molecule has 1 aromatic heterocycles. The van der Waals surface area contributed by atoms with Gasteiger partial charge in [-0.15, -0.1) is 11.3 Å². The Morgan fingerprint density at radius 1 is 1.44 bits per heavy atom. The molecule has 94 valence electrons. The van der Waals surface area contributed by atoms with Crippen molar-refractivity contribution in [3.63, 3.8) is 0 Å². The van der Waals surface area contributed by atoms with Crippen molar-refractivity contribution in [3.8, 4) is 5.75 Å². The number of aliphatic hydroxyl groups is 1. The Kier molecular flexibility index (Phi) is 3.18. The highest BCUT2D eigenvalue weighted by Gasteiger charge is 2.31. The molecule has 0 saturated heterocycles. The lowest BCUT2D eigenvalue weighted by Gasteiger charge is -2.16. The average Bonchev–Trinajstić information content (AvgIpc) is 2.93. The zero-order chi connectivity index (χ0) is 12.7. The van der Waals surface area contributed by atoms with E-state index in [4.69, 9.17) is 4.74 Å². The van der Waals surface area contributed by atoms with E-state index >= 15 is 0 Å². The average molecular weight is 325 g/mol. The molecular weight excluding hydrogens is 312 g/mol. The summed E-state index contributed by atoms with van der Waals surface area (Å²) in [5, 5.41) is 10.4. The molecule has 2 atom stereocenters. The molecule has 18 heavy (non-hydrogen) atoms. The maximum Gasteiger partial charge on any atom is 0.134 e. The van der Waals surface area contributed by atoms with Crippen molar-refractivity contribution in [2.24, 2.45) is 0 Å². The minimum atomic E-state index is -0.563. The van der Waals surface area contributed by atoms with Crippen molar-refractivity contribution in [2.75, 3.05) is 0 Å². The third kappa shape index (κ3) is 2.09. The SMILES string of the molecule is Cc1cc(C(O)C2Cc3ccccc3O2)sc1Br. The van der Waals surface area contributed by atoms with Gasteiger partial charge in [-0.3, -0.25) is 0 Å². The molecule has 2 aromatic rings. The number of fused-ring (bicyclic) bond motifs is 1. The van der Waals surface area contributed by atoms with Gasteiger partial charge >= 0.3 is 0 Å². The van der Waals surface area contributed by atoms with Crippen molar-refractivity contribution in [1.82, 2.24) is 0 Å². The van der Waals surface area contributed by atoms with Crippen LogP contribution in [0.5, 0.6) is 5.75 Å². The largest absolute Gasteiger partial charge is 0.487 e. The normalized spacial score (nSPS) is 19.4. The molecule has 1 aromatic carbocycles. The summed E-state index contributed by atoms with van der Waals surface area (Å²) in [5.41, 5.74) is 2.33. The monoisotopic (exact) mass is 324 g/mol. The summed E-state index contributed by atoms with van der Waals surface area (Å²) in [5.74, 6) is 0.897. The highest BCUT2D eigenvalue weighted by Crippen LogP contribution is 2.38. The number of ether oxygens (including phenoxy) is 1. The van der Waals surface area contributed by atoms with Crippen molar-refractivity contribution in [1.29, 1.82) is 0 Å². The Hall–Kier alpha value is -0.840. The van der Waals surface area contributed by atoms with Crippen LogP contribution in [-0.2, 0) is 6.42 Å². The van der Waals surface area contributed by atoms with Crippen LogP contribution >= 0.6 is 27.3 Å². The van der Waals surface area contributed by atoms with Gasteiger partial charge in [-0.1, -0.05) is 18.2 Å². The van der Waals surface area contributed by atoms with Crippen molar-refractivity contribution in [3.05, 3.63) is 50.1 Å². The predicted octanol–water partition coefficient (Wildman–Crippen LogP) is 3.86. The van der Waals surface area contributed by atoms with E-state index in [2.05, 4.69) is 22.0 Å². The Morgan fingerprint density at radius 2 is 2.22 bits per heavy atom. The molecule has 1 aliphatic rings. The van der Waals surface area contributed by atoms with E-state index in [0.29, 0.717) is 0 Å². The quantitative estimate of drug-likeness (QED) is 0.909. The maximum atomic E-state index is 10.4. The summed E-state index contributed by atoms with van der Waals surface area (Å²) in [4.78, 5) is 0.956. The Bertz CT molecular complexity index is 534. The first-order valence-corrected chi connectivity index (χ1v) is 7.44. The number of benzene rings is 1. The third-order valence-corrected chi connectivity index (χ3v) is 5.40. The molecule has 2 unspecified atom stereocenters. The van der Waals surface area contributed by atoms with Gasteiger partial charge in [-0.2, -0.15) is 0 Å². The Balaban J connectivity index is 1.82. The number of hydrogen-bond donors (Lipinski definition) is 1. The molecule has 0 bridgehead atoms. The minimum Gasteiger partial charge on any atom is -0.487 e. The molecule has 0 aliphatic carbocycles. The van der Waals surface area contributed by atoms with Gasteiger partial charge in [0.2, 0.25) is 0 Å². The van der Waals surface area contributed by atoms with E-state index in [1.807, 2.05) is 31.2 Å². The second kappa shape index (κ2) is 4.68. The van der Waals surface area contributed by atoms with Gasteiger partial charge in [-0.25, -0.2) is 0 Å². The molecule has 3 rings (SSSR count).